The Kier molecular flexibility index (Phi) is 4.39. The molecule has 0 atom stereocenters. The molecule has 2 fully saturated rings. The highest BCUT2D eigenvalue weighted by molar-refractivity contribution is 7.92. The average Bonchev–Trinajstić information content (AvgIpc) is 3.27. The summed E-state index contributed by atoms with van der Waals surface area (Å²) < 4.78 is 24.3. The van der Waals surface area contributed by atoms with Crippen molar-refractivity contribution >= 4 is 21.5 Å². The van der Waals surface area contributed by atoms with Crippen molar-refractivity contribution in [3.05, 3.63) is 29.8 Å². The van der Waals surface area contributed by atoms with Gasteiger partial charge in [0, 0.05) is 5.56 Å². The van der Waals surface area contributed by atoms with Crippen molar-refractivity contribution in [2.75, 3.05) is 0 Å². The second-order valence-corrected chi connectivity index (χ2v) is 8.25. The summed E-state index contributed by atoms with van der Waals surface area (Å²) in [5, 5.41) is 12.8. The van der Waals surface area contributed by atoms with Crippen molar-refractivity contribution in [3.63, 3.8) is 0 Å². The molecule has 0 heterocycles. The zero-order chi connectivity index (χ0) is 16.4. The van der Waals surface area contributed by atoms with E-state index >= 15 is 0 Å². The smallest absolute Gasteiger partial charge is 0.358 e. The third-order valence-corrected chi connectivity index (χ3v) is 6.50. The minimum Gasteiger partial charge on any atom is -0.476 e. The molecule has 3 rings (SSSR count). The van der Waals surface area contributed by atoms with Gasteiger partial charge in [-0.25, -0.2) is 13.2 Å². The zero-order valence-corrected chi connectivity index (χ0v) is 13.5. The maximum atomic E-state index is 12.1. The average molecular weight is 337 g/mol. The highest BCUT2D eigenvalue weighted by atomic mass is 32.2. The molecule has 6 nitrogen and oxygen atoms in total. The highest BCUT2D eigenvalue weighted by Gasteiger charge is 2.36. The summed E-state index contributed by atoms with van der Waals surface area (Å²) in [6, 6.07) is 5.83. The van der Waals surface area contributed by atoms with Gasteiger partial charge in [-0.2, -0.15) is 0 Å². The van der Waals surface area contributed by atoms with Gasteiger partial charge >= 0.3 is 5.97 Å². The Morgan fingerprint density at radius 3 is 2.22 bits per heavy atom. The van der Waals surface area contributed by atoms with Gasteiger partial charge in [0.25, 0.3) is 0 Å². The predicted octanol–water partition coefficient (Wildman–Crippen LogP) is 2.37. The van der Waals surface area contributed by atoms with Gasteiger partial charge in [-0.15, -0.1) is 0 Å². The Morgan fingerprint density at radius 2 is 1.70 bits per heavy atom. The van der Waals surface area contributed by atoms with Gasteiger partial charge in [-0.05, 0) is 50.7 Å². The lowest BCUT2D eigenvalue weighted by molar-refractivity contribution is -0.129. The number of carboxylic acids is 1. The normalized spacial score (nSPS) is 19.7. The Bertz CT molecular complexity index is 713. The molecular formula is C16H19NO5S. The van der Waals surface area contributed by atoms with E-state index < -0.39 is 15.8 Å². The molecule has 0 unspecified atom stereocenters. The van der Waals surface area contributed by atoms with Crippen LogP contribution in [0.4, 0.5) is 0 Å². The van der Waals surface area contributed by atoms with Crippen molar-refractivity contribution in [1.82, 2.24) is 0 Å². The zero-order valence-electron chi connectivity index (χ0n) is 12.6. The second-order valence-electron chi connectivity index (χ2n) is 6.03. The lowest BCUT2D eigenvalue weighted by atomic mass is 10.1. The van der Waals surface area contributed by atoms with Gasteiger partial charge in [0.2, 0.25) is 0 Å². The van der Waals surface area contributed by atoms with Gasteiger partial charge in [-0.1, -0.05) is 17.3 Å². The lowest BCUT2D eigenvalue weighted by Crippen LogP contribution is -2.17. The van der Waals surface area contributed by atoms with Crippen LogP contribution >= 0.6 is 0 Å². The quantitative estimate of drug-likeness (QED) is 0.635. The Morgan fingerprint density at radius 1 is 1.09 bits per heavy atom. The number of hydrogen-bond donors (Lipinski definition) is 1. The molecule has 1 aromatic carbocycles. The van der Waals surface area contributed by atoms with Crippen molar-refractivity contribution in [2.45, 2.75) is 54.8 Å². The van der Waals surface area contributed by atoms with E-state index in [1.165, 1.54) is 24.3 Å². The van der Waals surface area contributed by atoms with Crippen LogP contribution in [0.5, 0.6) is 0 Å². The first-order valence-electron chi connectivity index (χ1n) is 7.80. The number of carbonyl (C=O) groups is 1. The van der Waals surface area contributed by atoms with Crippen molar-refractivity contribution in [3.8, 4) is 0 Å². The fourth-order valence-corrected chi connectivity index (χ4v) is 4.37. The molecule has 2 aliphatic carbocycles. The molecular weight excluding hydrogens is 318 g/mol. The van der Waals surface area contributed by atoms with Crippen LogP contribution in [0.1, 0.15) is 44.1 Å². The fourth-order valence-electron chi connectivity index (χ4n) is 2.71. The van der Waals surface area contributed by atoms with E-state index in [9.17, 15) is 18.3 Å². The summed E-state index contributed by atoms with van der Waals surface area (Å²) in [5.74, 6) is -1.19. The number of hydrogen-bond acceptors (Lipinski definition) is 5. The molecule has 1 aromatic rings. The van der Waals surface area contributed by atoms with Crippen LogP contribution in [0.2, 0.25) is 0 Å². The van der Waals surface area contributed by atoms with Crippen molar-refractivity contribution in [1.29, 1.82) is 0 Å². The topological polar surface area (TPSA) is 93.0 Å². The molecule has 1 N–H and O–H groups in total. The molecule has 0 bridgehead atoms. The van der Waals surface area contributed by atoms with Gasteiger partial charge in [-0.3, -0.25) is 0 Å². The van der Waals surface area contributed by atoms with E-state index in [4.69, 9.17) is 4.84 Å². The van der Waals surface area contributed by atoms with Crippen LogP contribution < -0.4 is 0 Å². The van der Waals surface area contributed by atoms with E-state index in [1.54, 1.807) is 0 Å². The van der Waals surface area contributed by atoms with E-state index in [2.05, 4.69) is 5.16 Å². The van der Waals surface area contributed by atoms with E-state index in [0.717, 1.165) is 25.7 Å². The first-order valence-corrected chi connectivity index (χ1v) is 9.34. The lowest BCUT2D eigenvalue weighted by Gasteiger charge is -2.09. The molecule has 0 aromatic heterocycles. The summed E-state index contributed by atoms with van der Waals surface area (Å²) in [4.78, 5) is 16.9. The van der Waals surface area contributed by atoms with Crippen molar-refractivity contribution < 1.29 is 23.2 Å². The van der Waals surface area contributed by atoms with Crippen LogP contribution in [0, 0.1) is 0 Å². The van der Waals surface area contributed by atoms with E-state index in [1.807, 2.05) is 0 Å². The predicted molar refractivity (Wildman–Crippen MR) is 84.2 cm³/mol. The molecule has 0 aliphatic heterocycles. The first kappa shape index (κ1) is 16.0. The van der Waals surface area contributed by atoms with Gasteiger partial charge in [0.15, 0.2) is 15.5 Å². The number of rotatable bonds is 6. The van der Waals surface area contributed by atoms with Crippen LogP contribution in [0.15, 0.2) is 34.3 Å². The molecule has 7 heteroatoms. The molecule has 0 radical (unpaired) electrons. The summed E-state index contributed by atoms with van der Waals surface area (Å²) in [7, 11) is -3.27. The highest BCUT2D eigenvalue weighted by Crippen LogP contribution is 2.33. The molecule has 0 saturated heterocycles. The Labute approximate surface area is 135 Å². The van der Waals surface area contributed by atoms with Crippen LogP contribution in [-0.2, 0) is 19.5 Å². The molecule has 0 amide bonds. The summed E-state index contributed by atoms with van der Waals surface area (Å²) in [6.45, 7) is 0. The van der Waals surface area contributed by atoms with E-state index in [-0.39, 0.29) is 22.0 Å². The first-order chi connectivity index (χ1) is 11.0. The van der Waals surface area contributed by atoms with Gasteiger partial charge in [0.05, 0.1) is 10.1 Å². The SMILES string of the molecule is O=C(O)C(=NOC1CCCC1)c1ccc(S(=O)(=O)C2CC2)cc1. The van der Waals surface area contributed by atoms with Gasteiger partial charge < -0.3 is 9.94 Å². The molecule has 124 valence electrons. The number of aliphatic carboxylic acids is 1. The number of carboxylic acid groups (broad SMARTS) is 1. The number of nitrogens with zero attached hydrogens (tertiary/aromatic N) is 1. The van der Waals surface area contributed by atoms with Gasteiger partial charge in [0.1, 0.15) is 6.10 Å². The largest absolute Gasteiger partial charge is 0.476 e. The molecule has 0 spiro atoms. The third kappa shape index (κ3) is 3.55. The van der Waals surface area contributed by atoms with Crippen LogP contribution in [0.3, 0.4) is 0 Å². The van der Waals surface area contributed by atoms with Crippen LogP contribution in [-0.4, -0.2) is 36.6 Å². The monoisotopic (exact) mass is 337 g/mol. The fraction of sp³-hybridized carbons (Fsp3) is 0.500. The molecule has 2 saturated carbocycles. The minimum atomic E-state index is -3.27. The second kappa shape index (κ2) is 6.31. The number of benzene rings is 1. The maximum absolute atomic E-state index is 12.1. The minimum absolute atomic E-state index is 0.0288. The van der Waals surface area contributed by atoms with Crippen LogP contribution in [0.25, 0.3) is 0 Å². The Hall–Kier alpha value is -1.89. The Balaban J connectivity index is 1.79. The maximum Gasteiger partial charge on any atom is 0.358 e. The summed E-state index contributed by atoms with van der Waals surface area (Å²) in [6.07, 6.45) is 5.26. The number of sulfone groups is 1. The summed E-state index contributed by atoms with van der Waals surface area (Å²) >= 11 is 0. The standard InChI is InChI=1S/C16H19NO5S/c18-16(19)15(17-22-12-3-1-2-4-12)11-5-7-13(8-6-11)23(20,21)14-9-10-14/h5-8,12,14H,1-4,9-10H2,(H,18,19). The number of oxime groups is 1. The molecule has 2 aliphatic rings. The third-order valence-electron chi connectivity index (χ3n) is 4.22. The van der Waals surface area contributed by atoms with E-state index in [0.29, 0.717) is 18.4 Å². The molecule has 23 heavy (non-hydrogen) atoms. The summed E-state index contributed by atoms with van der Waals surface area (Å²) in [5.41, 5.74) is 0.137. The van der Waals surface area contributed by atoms with Crippen molar-refractivity contribution in [2.24, 2.45) is 5.16 Å².